The summed E-state index contributed by atoms with van der Waals surface area (Å²) in [5, 5.41) is 7.77. The summed E-state index contributed by atoms with van der Waals surface area (Å²) in [5.41, 5.74) is 4.71. The fourth-order valence-electron chi connectivity index (χ4n) is 2.23. The quantitative estimate of drug-likeness (QED) is 0.792. The summed E-state index contributed by atoms with van der Waals surface area (Å²) in [6.07, 6.45) is 2.85. The van der Waals surface area contributed by atoms with E-state index in [0.29, 0.717) is 0 Å². The first-order valence-electron chi connectivity index (χ1n) is 6.70. The molecule has 102 valence electrons. The van der Waals surface area contributed by atoms with Crippen LogP contribution in [-0.4, -0.2) is 19.7 Å². The summed E-state index contributed by atoms with van der Waals surface area (Å²) in [4.78, 5) is 9.23. The van der Waals surface area contributed by atoms with Gasteiger partial charge in [0.05, 0.1) is 28.1 Å². The van der Waals surface area contributed by atoms with Crippen LogP contribution in [0.25, 0.3) is 11.0 Å². The highest BCUT2D eigenvalue weighted by atomic mass is 15.3. The molecule has 0 fully saturated rings. The van der Waals surface area contributed by atoms with Crippen LogP contribution in [-0.2, 0) is 13.5 Å². The molecule has 3 rings (SSSR count). The summed E-state index contributed by atoms with van der Waals surface area (Å²) in [6, 6.07) is 7.88. The number of nitrogens with zero attached hydrogens (tertiary/aromatic N) is 4. The van der Waals surface area contributed by atoms with Crippen molar-refractivity contribution in [1.29, 1.82) is 0 Å². The molecule has 2 aromatic heterocycles. The Labute approximate surface area is 117 Å². The lowest BCUT2D eigenvalue weighted by Gasteiger charge is -2.08. The Kier molecular flexibility index (Phi) is 3.10. The molecule has 0 amide bonds. The van der Waals surface area contributed by atoms with Gasteiger partial charge in [-0.15, -0.1) is 0 Å². The summed E-state index contributed by atoms with van der Waals surface area (Å²) >= 11 is 0. The van der Waals surface area contributed by atoms with Gasteiger partial charge in [0.1, 0.15) is 0 Å². The third kappa shape index (κ3) is 2.22. The lowest BCUT2D eigenvalue weighted by molar-refractivity contribution is 0.746. The molecule has 2 heterocycles. The van der Waals surface area contributed by atoms with Crippen molar-refractivity contribution in [3.05, 3.63) is 41.9 Å². The zero-order chi connectivity index (χ0) is 14.1. The van der Waals surface area contributed by atoms with Crippen molar-refractivity contribution in [1.82, 2.24) is 19.7 Å². The molecule has 0 aliphatic rings. The van der Waals surface area contributed by atoms with Crippen LogP contribution in [0.5, 0.6) is 0 Å². The van der Waals surface area contributed by atoms with Crippen molar-refractivity contribution in [2.24, 2.45) is 7.05 Å². The fraction of sp³-hybridized carbons (Fsp3) is 0.267. The highest BCUT2D eigenvalue weighted by Crippen LogP contribution is 2.22. The van der Waals surface area contributed by atoms with E-state index >= 15 is 0 Å². The number of fused-ring (bicyclic) bond motifs is 1. The Morgan fingerprint density at radius 2 is 1.85 bits per heavy atom. The van der Waals surface area contributed by atoms with Crippen molar-refractivity contribution in [3.63, 3.8) is 0 Å². The van der Waals surface area contributed by atoms with Crippen LogP contribution in [0, 0.1) is 6.92 Å². The molecule has 0 aliphatic heterocycles. The Hall–Kier alpha value is -2.43. The molecule has 5 heteroatoms. The Morgan fingerprint density at radius 3 is 2.55 bits per heavy atom. The van der Waals surface area contributed by atoms with Gasteiger partial charge in [0.15, 0.2) is 5.82 Å². The maximum Gasteiger partial charge on any atom is 0.152 e. The Balaban J connectivity index is 2.03. The smallest absolute Gasteiger partial charge is 0.152 e. The van der Waals surface area contributed by atoms with Gasteiger partial charge in [-0.25, -0.2) is 9.97 Å². The third-order valence-electron chi connectivity index (χ3n) is 3.24. The summed E-state index contributed by atoms with van der Waals surface area (Å²) in [6.45, 7) is 4.05. The highest BCUT2D eigenvalue weighted by molar-refractivity contribution is 5.77. The van der Waals surface area contributed by atoms with Crippen molar-refractivity contribution in [3.8, 4) is 0 Å². The molecule has 0 unspecified atom stereocenters. The second-order valence-corrected chi connectivity index (χ2v) is 4.79. The average molecular weight is 267 g/mol. The monoisotopic (exact) mass is 267 g/mol. The Bertz CT molecular complexity index is 760. The minimum Gasteiger partial charge on any atom is -0.336 e. The van der Waals surface area contributed by atoms with E-state index in [1.807, 2.05) is 49.1 Å². The van der Waals surface area contributed by atoms with Gasteiger partial charge in [-0.05, 0) is 25.5 Å². The van der Waals surface area contributed by atoms with Crippen LogP contribution in [0.2, 0.25) is 0 Å². The minimum absolute atomic E-state index is 0.784. The first-order valence-corrected chi connectivity index (χ1v) is 6.70. The molecular weight excluding hydrogens is 250 g/mol. The number of rotatable bonds is 3. The van der Waals surface area contributed by atoms with Gasteiger partial charge in [0, 0.05) is 13.2 Å². The lowest BCUT2D eigenvalue weighted by atomic mass is 10.2. The molecule has 0 aliphatic carbocycles. The van der Waals surface area contributed by atoms with Crippen molar-refractivity contribution >= 4 is 22.5 Å². The normalized spacial score (nSPS) is 10.9. The molecule has 0 saturated heterocycles. The van der Waals surface area contributed by atoms with E-state index in [9.17, 15) is 0 Å². The predicted molar refractivity (Wildman–Crippen MR) is 80.1 cm³/mol. The summed E-state index contributed by atoms with van der Waals surface area (Å²) in [7, 11) is 1.92. The number of hydrogen-bond donors (Lipinski definition) is 1. The van der Waals surface area contributed by atoms with Crippen molar-refractivity contribution < 1.29 is 0 Å². The fourth-order valence-corrected chi connectivity index (χ4v) is 2.23. The molecule has 0 atom stereocenters. The standard InChI is InChI=1S/C15H17N5/c1-4-11-14(9-20(3)19-11)18-15-10(2)16-12-7-5-6-8-13(12)17-15/h5-9H,4H2,1-3H3,(H,17,18). The largest absolute Gasteiger partial charge is 0.336 e. The molecule has 0 saturated carbocycles. The molecule has 20 heavy (non-hydrogen) atoms. The molecular formula is C15H17N5. The topological polar surface area (TPSA) is 55.6 Å². The summed E-state index contributed by atoms with van der Waals surface area (Å²) < 4.78 is 1.81. The van der Waals surface area contributed by atoms with Gasteiger partial charge in [0.2, 0.25) is 0 Å². The highest BCUT2D eigenvalue weighted by Gasteiger charge is 2.10. The molecule has 0 bridgehead atoms. The van der Waals surface area contributed by atoms with E-state index in [1.54, 1.807) is 0 Å². The third-order valence-corrected chi connectivity index (χ3v) is 3.24. The molecule has 0 spiro atoms. The molecule has 3 aromatic rings. The van der Waals surface area contributed by atoms with E-state index in [-0.39, 0.29) is 0 Å². The van der Waals surface area contributed by atoms with Crippen molar-refractivity contribution in [2.45, 2.75) is 20.3 Å². The van der Waals surface area contributed by atoms with Gasteiger partial charge >= 0.3 is 0 Å². The van der Waals surface area contributed by atoms with E-state index in [4.69, 9.17) is 0 Å². The van der Waals surface area contributed by atoms with Gasteiger partial charge in [-0.2, -0.15) is 5.10 Å². The second-order valence-electron chi connectivity index (χ2n) is 4.79. The van der Waals surface area contributed by atoms with E-state index < -0.39 is 0 Å². The number of hydrogen-bond acceptors (Lipinski definition) is 4. The maximum atomic E-state index is 4.64. The zero-order valence-electron chi connectivity index (χ0n) is 11.9. The van der Waals surface area contributed by atoms with Crippen LogP contribution in [0.4, 0.5) is 11.5 Å². The van der Waals surface area contributed by atoms with Gasteiger partial charge in [-0.3, -0.25) is 4.68 Å². The molecule has 1 N–H and O–H groups in total. The zero-order valence-corrected chi connectivity index (χ0v) is 11.9. The maximum absolute atomic E-state index is 4.64. The number of aryl methyl sites for hydroxylation is 3. The predicted octanol–water partition coefficient (Wildman–Crippen LogP) is 2.98. The van der Waals surface area contributed by atoms with Crippen LogP contribution in [0.3, 0.4) is 0 Å². The van der Waals surface area contributed by atoms with Crippen LogP contribution in [0.15, 0.2) is 30.5 Å². The van der Waals surface area contributed by atoms with Crippen LogP contribution >= 0.6 is 0 Å². The number of para-hydroxylation sites is 2. The first-order chi connectivity index (χ1) is 9.67. The van der Waals surface area contributed by atoms with Crippen LogP contribution < -0.4 is 5.32 Å². The van der Waals surface area contributed by atoms with E-state index in [1.165, 1.54) is 0 Å². The first kappa shape index (κ1) is 12.6. The van der Waals surface area contributed by atoms with E-state index in [0.717, 1.165) is 40.3 Å². The number of aromatic nitrogens is 4. The second kappa shape index (κ2) is 4.92. The SMILES string of the molecule is CCc1nn(C)cc1Nc1nc2ccccc2nc1C. The molecule has 0 radical (unpaired) electrons. The van der Waals surface area contributed by atoms with Gasteiger partial charge in [0.25, 0.3) is 0 Å². The number of anilines is 2. The summed E-state index contributed by atoms with van der Waals surface area (Å²) in [5.74, 6) is 0.784. The molecule has 5 nitrogen and oxygen atoms in total. The Morgan fingerprint density at radius 1 is 1.15 bits per heavy atom. The minimum atomic E-state index is 0.784. The average Bonchev–Trinajstić information content (AvgIpc) is 2.79. The number of nitrogens with one attached hydrogen (secondary N) is 1. The van der Waals surface area contributed by atoms with E-state index in [2.05, 4.69) is 27.3 Å². The van der Waals surface area contributed by atoms with Crippen LogP contribution in [0.1, 0.15) is 18.3 Å². The lowest BCUT2D eigenvalue weighted by Crippen LogP contribution is -2.00. The van der Waals surface area contributed by atoms with Crippen molar-refractivity contribution in [2.75, 3.05) is 5.32 Å². The molecule has 1 aromatic carbocycles. The van der Waals surface area contributed by atoms with Gasteiger partial charge < -0.3 is 5.32 Å². The van der Waals surface area contributed by atoms with Gasteiger partial charge in [-0.1, -0.05) is 19.1 Å². The number of benzene rings is 1.